The molecule has 0 bridgehead atoms. The van der Waals surface area contributed by atoms with E-state index in [0.29, 0.717) is 12.3 Å². The maximum Gasteiger partial charge on any atom is 0.224 e. The fraction of sp³-hybridized carbons (Fsp3) is 0.588. The minimum Gasteiger partial charge on any atom is -0.399 e. The highest BCUT2D eigenvalue weighted by atomic mass is 16.1. The van der Waals surface area contributed by atoms with E-state index in [9.17, 15) is 4.79 Å². The summed E-state index contributed by atoms with van der Waals surface area (Å²) in [7, 11) is 0. The average Bonchev–Trinajstić information content (AvgIpc) is 2.70. The summed E-state index contributed by atoms with van der Waals surface area (Å²) < 4.78 is 0. The number of anilines is 1. The number of nitrogens with two attached hydrogens (primary N) is 1. The number of hydrogen-bond donors (Lipinski definition) is 2. The van der Waals surface area contributed by atoms with Crippen LogP contribution in [-0.2, 0) is 11.2 Å². The van der Waals surface area contributed by atoms with Crippen LogP contribution in [0.1, 0.15) is 51.0 Å². The van der Waals surface area contributed by atoms with Gasteiger partial charge in [-0.1, -0.05) is 37.8 Å². The van der Waals surface area contributed by atoms with Gasteiger partial charge in [0, 0.05) is 11.7 Å². The molecule has 1 aromatic carbocycles. The van der Waals surface area contributed by atoms with E-state index in [-0.39, 0.29) is 11.9 Å². The number of benzene rings is 1. The van der Waals surface area contributed by atoms with Gasteiger partial charge in [-0.25, -0.2) is 0 Å². The Labute approximate surface area is 121 Å². The van der Waals surface area contributed by atoms with Gasteiger partial charge >= 0.3 is 0 Å². The van der Waals surface area contributed by atoms with Crippen LogP contribution in [0, 0.1) is 5.92 Å². The van der Waals surface area contributed by atoms with Crippen molar-refractivity contribution >= 4 is 11.6 Å². The van der Waals surface area contributed by atoms with E-state index in [2.05, 4.69) is 12.2 Å². The van der Waals surface area contributed by atoms with Gasteiger partial charge in [-0.05, 0) is 43.4 Å². The Balaban J connectivity index is 1.82. The van der Waals surface area contributed by atoms with Gasteiger partial charge in [-0.2, -0.15) is 0 Å². The third kappa shape index (κ3) is 4.55. The van der Waals surface area contributed by atoms with Crippen molar-refractivity contribution in [2.24, 2.45) is 5.92 Å². The van der Waals surface area contributed by atoms with Crippen molar-refractivity contribution in [3.8, 4) is 0 Å². The number of hydrogen-bond acceptors (Lipinski definition) is 2. The lowest BCUT2D eigenvalue weighted by Gasteiger charge is -2.23. The second-order valence-electron chi connectivity index (χ2n) is 6.03. The molecule has 3 nitrogen and oxygen atoms in total. The monoisotopic (exact) mass is 274 g/mol. The van der Waals surface area contributed by atoms with Gasteiger partial charge < -0.3 is 11.1 Å². The van der Waals surface area contributed by atoms with Crippen LogP contribution in [0.15, 0.2) is 24.3 Å². The van der Waals surface area contributed by atoms with Crippen molar-refractivity contribution in [2.45, 2.75) is 57.9 Å². The maximum atomic E-state index is 12.1. The van der Waals surface area contributed by atoms with Gasteiger partial charge in [-0.15, -0.1) is 0 Å². The molecule has 0 aliphatic heterocycles. The minimum absolute atomic E-state index is 0.117. The van der Waals surface area contributed by atoms with E-state index in [1.54, 1.807) is 0 Å². The van der Waals surface area contributed by atoms with Crippen LogP contribution >= 0.6 is 0 Å². The lowest BCUT2D eigenvalue weighted by Crippen LogP contribution is -2.38. The quantitative estimate of drug-likeness (QED) is 0.654. The molecule has 0 radical (unpaired) electrons. The molecule has 0 unspecified atom stereocenters. The Morgan fingerprint density at radius 2 is 1.80 bits per heavy atom. The lowest BCUT2D eigenvalue weighted by molar-refractivity contribution is -0.121. The van der Waals surface area contributed by atoms with Crippen molar-refractivity contribution in [1.29, 1.82) is 0 Å². The number of carbonyl (C=O) groups is 1. The summed E-state index contributed by atoms with van der Waals surface area (Å²) in [5, 5.41) is 3.17. The standard InChI is InChI=1S/C17H26N2O/c1-13(15-6-4-2-3-5-7-15)19-17(20)12-14-8-10-16(18)11-9-14/h8-11,13,15H,2-7,12,18H2,1H3,(H,19,20)/t13-/m1/s1. The molecule has 0 spiro atoms. The van der Waals surface area contributed by atoms with Crippen molar-refractivity contribution in [3.63, 3.8) is 0 Å². The molecule has 2 rings (SSSR count). The van der Waals surface area contributed by atoms with Crippen molar-refractivity contribution in [3.05, 3.63) is 29.8 Å². The van der Waals surface area contributed by atoms with Gasteiger partial charge in [0.2, 0.25) is 5.91 Å². The summed E-state index contributed by atoms with van der Waals surface area (Å²) in [6.07, 6.45) is 8.26. The summed E-state index contributed by atoms with van der Waals surface area (Å²) >= 11 is 0. The Hall–Kier alpha value is -1.51. The van der Waals surface area contributed by atoms with Crippen molar-refractivity contribution in [2.75, 3.05) is 5.73 Å². The first-order chi connectivity index (χ1) is 9.65. The van der Waals surface area contributed by atoms with Crippen molar-refractivity contribution < 1.29 is 4.79 Å². The SMILES string of the molecule is C[C@@H](NC(=O)Cc1ccc(N)cc1)C1CCCCCC1. The zero-order valence-electron chi connectivity index (χ0n) is 12.4. The fourth-order valence-corrected chi connectivity index (χ4v) is 3.05. The molecule has 1 aliphatic rings. The Morgan fingerprint density at radius 3 is 2.40 bits per heavy atom. The third-order valence-corrected chi connectivity index (χ3v) is 4.34. The molecule has 1 fully saturated rings. The van der Waals surface area contributed by atoms with Gasteiger partial charge in [0.15, 0.2) is 0 Å². The summed E-state index contributed by atoms with van der Waals surface area (Å²) in [5.74, 6) is 0.763. The molecule has 1 saturated carbocycles. The predicted molar refractivity (Wildman–Crippen MR) is 83.4 cm³/mol. The van der Waals surface area contributed by atoms with Gasteiger partial charge in [0.1, 0.15) is 0 Å². The van der Waals surface area contributed by atoms with Gasteiger partial charge in [0.05, 0.1) is 6.42 Å². The summed E-state index contributed by atoms with van der Waals surface area (Å²) in [6.45, 7) is 2.15. The molecule has 3 heteroatoms. The second-order valence-corrected chi connectivity index (χ2v) is 6.03. The number of carbonyl (C=O) groups excluding carboxylic acids is 1. The summed E-state index contributed by atoms with van der Waals surface area (Å²) in [4.78, 5) is 12.1. The smallest absolute Gasteiger partial charge is 0.224 e. The molecule has 1 aromatic rings. The van der Waals surface area contributed by atoms with Crippen molar-refractivity contribution in [1.82, 2.24) is 5.32 Å². The molecular formula is C17H26N2O. The second kappa shape index (κ2) is 7.32. The first-order valence-electron chi connectivity index (χ1n) is 7.79. The van der Waals surface area contributed by atoms with Crippen LogP contribution in [0.3, 0.4) is 0 Å². The summed E-state index contributed by atoms with van der Waals surface area (Å²) in [5.41, 5.74) is 7.41. The fourth-order valence-electron chi connectivity index (χ4n) is 3.05. The first kappa shape index (κ1) is 14.9. The van der Waals surface area contributed by atoms with E-state index in [4.69, 9.17) is 5.73 Å². The van der Waals surface area contributed by atoms with E-state index in [1.807, 2.05) is 24.3 Å². The zero-order chi connectivity index (χ0) is 14.4. The highest BCUT2D eigenvalue weighted by Crippen LogP contribution is 2.25. The average molecular weight is 274 g/mol. The van der Waals surface area contributed by atoms with Crippen LogP contribution in [0.5, 0.6) is 0 Å². The number of amides is 1. The van der Waals surface area contributed by atoms with Crippen LogP contribution < -0.4 is 11.1 Å². The Morgan fingerprint density at radius 1 is 1.20 bits per heavy atom. The molecule has 1 amide bonds. The molecule has 1 aliphatic carbocycles. The van der Waals surface area contributed by atoms with Crippen LogP contribution in [0.2, 0.25) is 0 Å². The predicted octanol–water partition coefficient (Wildman–Crippen LogP) is 3.29. The van der Waals surface area contributed by atoms with Crippen LogP contribution in [0.4, 0.5) is 5.69 Å². The number of nitrogen functional groups attached to an aromatic ring is 1. The zero-order valence-corrected chi connectivity index (χ0v) is 12.4. The van der Waals surface area contributed by atoms with E-state index >= 15 is 0 Å². The molecular weight excluding hydrogens is 248 g/mol. The number of nitrogens with one attached hydrogen (secondary N) is 1. The first-order valence-corrected chi connectivity index (χ1v) is 7.79. The highest BCUT2D eigenvalue weighted by molar-refractivity contribution is 5.78. The normalized spacial score (nSPS) is 18.2. The largest absolute Gasteiger partial charge is 0.399 e. The molecule has 3 N–H and O–H groups in total. The topological polar surface area (TPSA) is 55.1 Å². The van der Waals surface area contributed by atoms with Gasteiger partial charge in [-0.3, -0.25) is 4.79 Å². The maximum absolute atomic E-state index is 12.1. The minimum atomic E-state index is 0.117. The van der Waals surface area contributed by atoms with Gasteiger partial charge in [0.25, 0.3) is 0 Å². The lowest BCUT2D eigenvalue weighted by atomic mass is 9.93. The van der Waals surface area contributed by atoms with E-state index < -0.39 is 0 Å². The van der Waals surface area contributed by atoms with Crippen LogP contribution in [0.25, 0.3) is 0 Å². The summed E-state index contributed by atoms with van der Waals surface area (Å²) in [6, 6.07) is 7.82. The Bertz CT molecular complexity index is 419. The van der Waals surface area contributed by atoms with E-state index in [0.717, 1.165) is 11.3 Å². The molecule has 0 saturated heterocycles. The molecule has 0 aromatic heterocycles. The molecule has 1 atom stereocenters. The third-order valence-electron chi connectivity index (χ3n) is 4.34. The van der Waals surface area contributed by atoms with E-state index in [1.165, 1.54) is 38.5 Å². The van der Waals surface area contributed by atoms with Crippen LogP contribution in [-0.4, -0.2) is 11.9 Å². The number of rotatable bonds is 4. The molecule has 0 heterocycles. The highest BCUT2D eigenvalue weighted by Gasteiger charge is 2.20. The molecule has 20 heavy (non-hydrogen) atoms. The Kier molecular flexibility index (Phi) is 5.45. The molecule has 110 valence electrons.